The lowest BCUT2D eigenvalue weighted by Crippen LogP contribution is -2.67. The second-order valence-electron chi connectivity index (χ2n) is 6.71. The zero-order chi connectivity index (χ0) is 15.7. The monoisotopic (exact) mass is 313 g/mol. The van der Waals surface area contributed by atoms with Crippen molar-refractivity contribution in [3.8, 4) is 0 Å². The number of rotatable bonds is 12. The molecule has 1 saturated heterocycles. The van der Waals surface area contributed by atoms with Crippen molar-refractivity contribution in [2.75, 3.05) is 26.2 Å². The predicted octanol–water partition coefficient (Wildman–Crippen LogP) is 2.93. The molecule has 0 aromatic carbocycles. The van der Waals surface area contributed by atoms with E-state index in [1.165, 1.54) is 12.8 Å². The van der Waals surface area contributed by atoms with Crippen LogP contribution in [0.25, 0.3) is 0 Å². The van der Waals surface area contributed by atoms with Crippen LogP contribution in [0.5, 0.6) is 0 Å². The van der Waals surface area contributed by atoms with Gasteiger partial charge in [0, 0.05) is 25.7 Å². The number of carbonyl (C=O) groups is 2. The molecule has 130 valence electrons. The smallest absolute Gasteiger partial charge is 0.152 e. The molecule has 1 aliphatic heterocycles. The third kappa shape index (κ3) is 8.04. The van der Waals surface area contributed by atoms with Crippen molar-refractivity contribution in [3.05, 3.63) is 7.43 Å². The van der Waals surface area contributed by atoms with Gasteiger partial charge in [-0.05, 0) is 26.2 Å². The fourth-order valence-corrected chi connectivity index (χ4v) is 3.24. The fourth-order valence-electron chi connectivity index (χ4n) is 3.24. The molecule has 0 amide bonds. The van der Waals surface area contributed by atoms with Crippen LogP contribution in [0.4, 0.5) is 0 Å². The van der Waals surface area contributed by atoms with E-state index in [1.807, 2.05) is 0 Å². The molecule has 4 nitrogen and oxygen atoms in total. The van der Waals surface area contributed by atoms with Gasteiger partial charge in [0.1, 0.15) is 24.7 Å². The minimum absolute atomic E-state index is 0. The van der Waals surface area contributed by atoms with Gasteiger partial charge in [-0.15, -0.1) is 0 Å². The van der Waals surface area contributed by atoms with Gasteiger partial charge in [-0.2, -0.15) is 0 Å². The van der Waals surface area contributed by atoms with E-state index in [0.29, 0.717) is 25.0 Å². The predicted molar refractivity (Wildman–Crippen MR) is 90.4 cm³/mol. The summed E-state index contributed by atoms with van der Waals surface area (Å²) in [6, 6.07) is 0. The molecule has 0 spiro atoms. The number of quaternary nitrogens is 1. The second-order valence-corrected chi connectivity index (χ2v) is 6.71. The fraction of sp³-hybridized carbons (Fsp3) is 0.833. The first kappa shape index (κ1) is 21.3. The first-order valence-corrected chi connectivity index (χ1v) is 8.52. The van der Waals surface area contributed by atoms with Crippen molar-refractivity contribution in [3.63, 3.8) is 0 Å². The molecule has 1 fully saturated rings. The topological polar surface area (TPSA) is 54.4 Å². The summed E-state index contributed by atoms with van der Waals surface area (Å²) < 4.78 is 1.01. The van der Waals surface area contributed by atoms with Crippen LogP contribution in [0.1, 0.15) is 65.2 Å². The summed E-state index contributed by atoms with van der Waals surface area (Å²) >= 11 is 0. The molecular formula is C18H35NO3. The Morgan fingerprint density at radius 2 is 1.55 bits per heavy atom. The van der Waals surface area contributed by atoms with Crippen molar-refractivity contribution in [2.24, 2.45) is 0 Å². The molecular weight excluding hydrogens is 278 g/mol. The van der Waals surface area contributed by atoms with Gasteiger partial charge < -0.3 is 21.8 Å². The minimum Gasteiger partial charge on any atom is -0.382 e. The zero-order valence-electron chi connectivity index (χ0n) is 14.8. The normalized spacial score (nSPS) is 23.5. The number of aliphatic hydroxyl groups is 1. The van der Waals surface area contributed by atoms with E-state index in [4.69, 9.17) is 0 Å². The summed E-state index contributed by atoms with van der Waals surface area (Å²) in [5, 5.41) is 9.57. The summed E-state index contributed by atoms with van der Waals surface area (Å²) in [5.74, 6) is 0.537. The molecule has 0 aliphatic carbocycles. The standard InChI is InChI=1S/C17H32NO3.CH3/c1-3-4-11-18(13-17(21)14-18)12-7-10-16(20)9-6-5-8-15(2)19;/h17,21H,3-14H2,1-2H3;1H3/q+1;-1. The molecule has 0 aromatic rings. The first-order chi connectivity index (χ1) is 9.97. The Kier molecular flexibility index (Phi) is 10.5. The van der Waals surface area contributed by atoms with E-state index in [0.717, 1.165) is 49.9 Å². The molecule has 22 heavy (non-hydrogen) atoms. The minimum atomic E-state index is -0.135. The first-order valence-electron chi connectivity index (χ1n) is 8.52. The molecule has 0 radical (unpaired) electrons. The molecule has 1 rings (SSSR count). The van der Waals surface area contributed by atoms with Crippen LogP contribution in [-0.4, -0.2) is 53.4 Å². The van der Waals surface area contributed by atoms with Crippen LogP contribution in [-0.2, 0) is 9.59 Å². The van der Waals surface area contributed by atoms with Crippen molar-refractivity contribution in [2.45, 2.75) is 71.3 Å². The molecule has 4 heteroatoms. The number of Topliss-reactive ketones (excluding diaryl/α,β-unsaturated/α-hetero) is 2. The molecule has 1 N–H and O–H groups in total. The van der Waals surface area contributed by atoms with Gasteiger partial charge in [-0.25, -0.2) is 0 Å². The summed E-state index contributed by atoms with van der Waals surface area (Å²) in [7, 11) is 0. The quantitative estimate of drug-likeness (QED) is 0.342. The van der Waals surface area contributed by atoms with Gasteiger partial charge in [0.25, 0.3) is 0 Å². The number of likely N-dealkylation sites (tertiary alicyclic amines) is 1. The van der Waals surface area contributed by atoms with E-state index in [9.17, 15) is 14.7 Å². The molecule has 0 saturated carbocycles. The van der Waals surface area contributed by atoms with Gasteiger partial charge in [-0.1, -0.05) is 13.3 Å². The molecule has 1 aliphatic rings. The number of nitrogens with zero attached hydrogens (tertiary/aromatic N) is 1. The summed E-state index contributed by atoms with van der Waals surface area (Å²) in [4.78, 5) is 22.6. The molecule has 0 aromatic heterocycles. The Hall–Kier alpha value is -0.740. The molecule has 1 heterocycles. The van der Waals surface area contributed by atoms with E-state index < -0.39 is 0 Å². The van der Waals surface area contributed by atoms with Crippen molar-refractivity contribution < 1.29 is 19.2 Å². The maximum Gasteiger partial charge on any atom is 0.152 e. The average molecular weight is 313 g/mol. The number of unbranched alkanes of at least 4 members (excludes halogenated alkanes) is 2. The van der Waals surface area contributed by atoms with Gasteiger partial charge in [-0.3, -0.25) is 4.79 Å². The van der Waals surface area contributed by atoms with Gasteiger partial charge in [0.15, 0.2) is 6.10 Å². The summed E-state index contributed by atoms with van der Waals surface area (Å²) in [6.45, 7) is 7.69. The van der Waals surface area contributed by atoms with E-state index in [2.05, 4.69) is 6.92 Å². The van der Waals surface area contributed by atoms with Crippen LogP contribution in [0.3, 0.4) is 0 Å². The highest BCUT2D eigenvalue weighted by Gasteiger charge is 2.41. The van der Waals surface area contributed by atoms with Gasteiger partial charge in [0.05, 0.1) is 13.1 Å². The Balaban J connectivity index is 0.00000441. The van der Waals surface area contributed by atoms with Gasteiger partial charge >= 0.3 is 0 Å². The Morgan fingerprint density at radius 3 is 2.09 bits per heavy atom. The number of hydrogen-bond acceptors (Lipinski definition) is 3. The number of hydrogen-bond donors (Lipinski definition) is 1. The third-order valence-electron chi connectivity index (χ3n) is 4.50. The average Bonchev–Trinajstić information content (AvgIpc) is 2.39. The van der Waals surface area contributed by atoms with Gasteiger partial charge in [0.2, 0.25) is 0 Å². The number of ketones is 2. The van der Waals surface area contributed by atoms with Crippen LogP contribution in [0, 0.1) is 7.43 Å². The number of aliphatic hydroxyl groups excluding tert-OH is 1. The summed E-state index contributed by atoms with van der Waals surface area (Å²) in [6.07, 6.45) is 6.73. The second kappa shape index (κ2) is 10.9. The number of carbonyl (C=O) groups excluding carboxylic acids is 2. The van der Waals surface area contributed by atoms with E-state index >= 15 is 0 Å². The zero-order valence-corrected chi connectivity index (χ0v) is 14.8. The highest BCUT2D eigenvalue weighted by molar-refractivity contribution is 5.78. The molecule has 0 atom stereocenters. The Labute approximate surface area is 136 Å². The van der Waals surface area contributed by atoms with Crippen molar-refractivity contribution in [1.29, 1.82) is 0 Å². The lowest BCUT2D eigenvalue weighted by Gasteiger charge is -2.48. The summed E-state index contributed by atoms with van der Waals surface area (Å²) in [5.41, 5.74) is 0. The SMILES string of the molecule is CCCC[N+]1(CCCC(=O)CCCCC(C)=O)CC(O)C1.[CH3-]. The van der Waals surface area contributed by atoms with E-state index in [1.54, 1.807) is 6.92 Å². The Bertz CT molecular complexity index is 335. The van der Waals surface area contributed by atoms with Crippen molar-refractivity contribution in [1.82, 2.24) is 0 Å². The lowest BCUT2D eigenvalue weighted by molar-refractivity contribution is -0.972. The van der Waals surface area contributed by atoms with Crippen LogP contribution >= 0.6 is 0 Å². The van der Waals surface area contributed by atoms with Crippen LogP contribution < -0.4 is 0 Å². The Morgan fingerprint density at radius 1 is 1.00 bits per heavy atom. The highest BCUT2D eigenvalue weighted by atomic mass is 16.3. The third-order valence-corrected chi connectivity index (χ3v) is 4.50. The highest BCUT2D eigenvalue weighted by Crippen LogP contribution is 2.23. The largest absolute Gasteiger partial charge is 0.382 e. The van der Waals surface area contributed by atoms with E-state index in [-0.39, 0.29) is 19.3 Å². The van der Waals surface area contributed by atoms with Crippen LogP contribution in [0.2, 0.25) is 0 Å². The lowest BCUT2D eigenvalue weighted by atomic mass is 10.0. The molecule has 0 bridgehead atoms. The maximum absolute atomic E-state index is 11.8. The van der Waals surface area contributed by atoms with Crippen LogP contribution in [0.15, 0.2) is 0 Å². The van der Waals surface area contributed by atoms with Crippen molar-refractivity contribution >= 4 is 11.6 Å². The molecule has 0 unspecified atom stereocenters. The maximum atomic E-state index is 11.8.